The van der Waals surface area contributed by atoms with E-state index in [1.165, 1.54) is 4.90 Å². The molecule has 0 aliphatic carbocycles. The van der Waals surface area contributed by atoms with Gasteiger partial charge in [0.1, 0.15) is 0 Å². The largest absolute Gasteiger partial charge is 0.317 e. The number of amides is 2. The Labute approximate surface area is 146 Å². The molecular weight excluding hydrogens is 320 g/mol. The van der Waals surface area contributed by atoms with Gasteiger partial charge in [-0.05, 0) is 61.9 Å². The van der Waals surface area contributed by atoms with Crippen LogP contribution in [0.3, 0.4) is 0 Å². The Kier molecular flexibility index (Phi) is 4.62. The molecule has 2 heterocycles. The number of para-hydroxylation sites is 1. The number of rotatable bonds is 4. The predicted molar refractivity (Wildman–Crippen MR) is 98.1 cm³/mol. The summed E-state index contributed by atoms with van der Waals surface area (Å²) < 4.78 is 2.03. The van der Waals surface area contributed by atoms with Crippen LogP contribution in [0.2, 0.25) is 0 Å². The maximum atomic E-state index is 12.6. The molecule has 24 heavy (non-hydrogen) atoms. The monoisotopic (exact) mass is 340 g/mol. The van der Waals surface area contributed by atoms with Crippen LogP contribution in [0, 0.1) is 6.92 Å². The van der Waals surface area contributed by atoms with Crippen molar-refractivity contribution in [3.63, 3.8) is 0 Å². The smallest absolute Gasteiger partial charge is 0.293 e. The van der Waals surface area contributed by atoms with E-state index in [-0.39, 0.29) is 17.2 Å². The predicted octanol–water partition coefficient (Wildman–Crippen LogP) is 4.62. The van der Waals surface area contributed by atoms with Crippen LogP contribution in [0.4, 0.5) is 4.79 Å². The van der Waals surface area contributed by atoms with Gasteiger partial charge < -0.3 is 4.57 Å². The minimum atomic E-state index is -0.197. The molecule has 2 aromatic rings. The molecule has 0 spiro atoms. The van der Waals surface area contributed by atoms with Crippen LogP contribution < -0.4 is 0 Å². The van der Waals surface area contributed by atoms with Crippen LogP contribution in [0.25, 0.3) is 11.8 Å². The van der Waals surface area contributed by atoms with E-state index in [1.54, 1.807) is 6.08 Å². The van der Waals surface area contributed by atoms with Crippen molar-refractivity contribution in [1.82, 2.24) is 9.47 Å². The summed E-state index contributed by atoms with van der Waals surface area (Å²) in [5, 5.41) is -0.186. The van der Waals surface area contributed by atoms with Gasteiger partial charge in [-0.15, -0.1) is 0 Å². The van der Waals surface area contributed by atoms with Gasteiger partial charge in [-0.3, -0.25) is 14.5 Å². The maximum Gasteiger partial charge on any atom is 0.293 e. The molecule has 1 aromatic carbocycles. The second kappa shape index (κ2) is 6.69. The summed E-state index contributed by atoms with van der Waals surface area (Å²) in [6, 6.07) is 11.9. The molecular formula is C19H20N2O2S. The molecule has 0 radical (unpaired) electrons. The Hall–Kier alpha value is -2.27. The number of hydrogen-bond acceptors (Lipinski definition) is 3. The molecule has 124 valence electrons. The number of aromatic nitrogens is 1. The average molecular weight is 340 g/mol. The number of nitrogens with zero attached hydrogens (tertiary/aromatic N) is 2. The van der Waals surface area contributed by atoms with E-state index < -0.39 is 0 Å². The summed E-state index contributed by atoms with van der Waals surface area (Å²) in [5.41, 5.74) is 3.10. The van der Waals surface area contributed by atoms with Gasteiger partial charge in [0.05, 0.1) is 4.91 Å². The number of aryl methyl sites for hydroxylation is 1. The number of benzene rings is 1. The van der Waals surface area contributed by atoms with Crippen molar-refractivity contribution in [3.8, 4) is 5.69 Å². The standard InChI is InChI=1S/C19H20N2O2S/c1-4-14(3)21-18(22)17(24-19(21)23)12-15-9-7-11-20(15)16-10-6-5-8-13(16)2/h5-12,14H,4H2,1-3H3/b17-12-/t14-/m0/s1. The van der Waals surface area contributed by atoms with Gasteiger partial charge in [-0.2, -0.15) is 0 Å². The topological polar surface area (TPSA) is 42.3 Å². The molecule has 0 unspecified atom stereocenters. The lowest BCUT2D eigenvalue weighted by molar-refractivity contribution is -0.124. The molecule has 3 rings (SSSR count). The number of imide groups is 1. The number of carbonyl (C=O) groups is 2. The van der Waals surface area contributed by atoms with Crippen molar-refractivity contribution in [2.24, 2.45) is 0 Å². The first-order valence-electron chi connectivity index (χ1n) is 8.03. The number of carbonyl (C=O) groups excluding carboxylic acids is 2. The summed E-state index contributed by atoms with van der Waals surface area (Å²) in [7, 11) is 0. The quantitative estimate of drug-likeness (QED) is 0.763. The molecule has 1 aliphatic rings. The van der Waals surface area contributed by atoms with Gasteiger partial charge in [0.15, 0.2) is 0 Å². The fourth-order valence-corrected chi connectivity index (χ4v) is 3.66. The Bertz CT molecular complexity index is 822. The first-order chi connectivity index (χ1) is 11.5. The number of thioether (sulfide) groups is 1. The summed E-state index contributed by atoms with van der Waals surface area (Å²) in [5.74, 6) is -0.197. The second-order valence-corrected chi connectivity index (χ2v) is 6.89. The summed E-state index contributed by atoms with van der Waals surface area (Å²) >= 11 is 1.02. The fraction of sp³-hybridized carbons (Fsp3) is 0.263. The highest BCUT2D eigenvalue weighted by molar-refractivity contribution is 8.18. The van der Waals surface area contributed by atoms with E-state index in [2.05, 4.69) is 13.0 Å². The van der Waals surface area contributed by atoms with E-state index in [9.17, 15) is 9.59 Å². The third kappa shape index (κ3) is 2.91. The van der Waals surface area contributed by atoms with Crippen molar-refractivity contribution >= 4 is 29.0 Å². The second-order valence-electron chi connectivity index (χ2n) is 5.90. The van der Waals surface area contributed by atoms with Crippen LogP contribution in [-0.4, -0.2) is 26.7 Å². The first-order valence-corrected chi connectivity index (χ1v) is 8.85. The summed E-state index contributed by atoms with van der Waals surface area (Å²) in [6.45, 7) is 5.92. The highest BCUT2D eigenvalue weighted by atomic mass is 32.2. The zero-order chi connectivity index (χ0) is 17.3. The van der Waals surface area contributed by atoms with Crippen molar-refractivity contribution in [2.45, 2.75) is 33.2 Å². The molecule has 0 saturated carbocycles. The van der Waals surface area contributed by atoms with Crippen LogP contribution in [0.1, 0.15) is 31.5 Å². The van der Waals surface area contributed by atoms with E-state index in [0.717, 1.165) is 35.1 Å². The zero-order valence-electron chi connectivity index (χ0n) is 14.0. The SMILES string of the molecule is CC[C@H](C)N1C(=O)S/C(=C\c2cccn2-c2ccccc2C)C1=O. The molecule has 0 N–H and O–H groups in total. The molecule has 0 bridgehead atoms. The van der Waals surface area contributed by atoms with E-state index in [0.29, 0.717) is 4.91 Å². The lowest BCUT2D eigenvalue weighted by Gasteiger charge is -2.19. The Morgan fingerprint density at radius 1 is 1.17 bits per heavy atom. The fourth-order valence-electron chi connectivity index (χ4n) is 2.74. The van der Waals surface area contributed by atoms with Gasteiger partial charge in [0, 0.05) is 23.6 Å². The van der Waals surface area contributed by atoms with Crippen LogP contribution in [-0.2, 0) is 4.79 Å². The van der Waals surface area contributed by atoms with Crippen molar-refractivity contribution in [2.75, 3.05) is 0 Å². The highest BCUT2D eigenvalue weighted by Crippen LogP contribution is 2.34. The van der Waals surface area contributed by atoms with Gasteiger partial charge >= 0.3 is 0 Å². The van der Waals surface area contributed by atoms with Crippen molar-refractivity contribution < 1.29 is 9.59 Å². The molecule has 1 aliphatic heterocycles. The Morgan fingerprint density at radius 2 is 1.92 bits per heavy atom. The van der Waals surface area contributed by atoms with Gasteiger partial charge in [-0.25, -0.2) is 0 Å². The molecule has 4 nitrogen and oxygen atoms in total. The Balaban J connectivity index is 1.97. The molecule has 1 fully saturated rings. The normalized spacial score (nSPS) is 17.8. The number of hydrogen-bond donors (Lipinski definition) is 0. The van der Waals surface area contributed by atoms with E-state index in [4.69, 9.17) is 0 Å². The molecule has 1 saturated heterocycles. The van der Waals surface area contributed by atoms with Crippen molar-refractivity contribution in [3.05, 3.63) is 58.8 Å². The lowest BCUT2D eigenvalue weighted by Crippen LogP contribution is -2.36. The van der Waals surface area contributed by atoms with Crippen LogP contribution >= 0.6 is 11.8 Å². The maximum absolute atomic E-state index is 12.6. The molecule has 2 amide bonds. The minimum absolute atomic E-state index is 0.0773. The summed E-state index contributed by atoms with van der Waals surface area (Å²) in [6.07, 6.45) is 4.53. The molecule has 1 atom stereocenters. The third-order valence-corrected chi connectivity index (χ3v) is 5.17. The van der Waals surface area contributed by atoms with Crippen LogP contribution in [0.5, 0.6) is 0 Å². The van der Waals surface area contributed by atoms with Crippen molar-refractivity contribution in [1.29, 1.82) is 0 Å². The third-order valence-electron chi connectivity index (χ3n) is 4.29. The lowest BCUT2D eigenvalue weighted by atomic mass is 10.2. The Morgan fingerprint density at radius 3 is 2.62 bits per heavy atom. The van der Waals surface area contributed by atoms with Gasteiger partial charge in [-0.1, -0.05) is 25.1 Å². The summed E-state index contributed by atoms with van der Waals surface area (Å²) in [4.78, 5) is 26.6. The molecule has 5 heteroatoms. The average Bonchev–Trinajstić information content (AvgIpc) is 3.12. The highest BCUT2D eigenvalue weighted by Gasteiger charge is 2.37. The van der Waals surface area contributed by atoms with Gasteiger partial charge in [0.2, 0.25) is 0 Å². The molecule has 1 aromatic heterocycles. The van der Waals surface area contributed by atoms with E-state index >= 15 is 0 Å². The zero-order valence-corrected chi connectivity index (χ0v) is 14.8. The first kappa shape index (κ1) is 16.6. The minimum Gasteiger partial charge on any atom is -0.317 e. The van der Waals surface area contributed by atoms with Crippen LogP contribution in [0.15, 0.2) is 47.5 Å². The van der Waals surface area contributed by atoms with E-state index in [1.807, 2.05) is 54.9 Å². The van der Waals surface area contributed by atoms with Gasteiger partial charge in [0.25, 0.3) is 11.1 Å².